The van der Waals surface area contributed by atoms with E-state index in [9.17, 15) is 4.79 Å². The third kappa shape index (κ3) is 1.60. The first kappa shape index (κ1) is 9.09. The zero-order valence-electron chi connectivity index (χ0n) is 5.71. The van der Waals surface area contributed by atoms with Gasteiger partial charge in [0, 0.05) is 0 Å². The molecule has 0 spiro atoms. The highest BCUT2D eigenvalue weighted by atomic mass is 35.5. The molecule has 0 aromatic carbocycles. The largest absolute Gasteiger partial charge is 0.476 e. The van der Waals surface area contributed by atoms with Gasteiger partial charge >= 0.3 is 5.97 Å². The van der Waals surface area contributed by atoms with Crippen molar-refractivity contribution >= 4 is 34.9 Å². The number of rotatable bonds is 1. The second-order valence-corrected chi connectivity index (χ2v) is 2.77. The van der Waals surface area contributed by atoms with Crippen LogP contribution in [0.25, 0.3) is 0 Å². The summed E-state index contributed by atoms with van der Waals surface area (Å²) in [5.74, 6) is -1.23. The van der Waals surface area contributed by atoms with Crippen molar-refractivity contribution in [3.63, 3.8) is 0 Å². The van der Waals surface area contributed by atoms with E-state index >= 15 is 0 Å². The summed E-state index contributed by atoms with van der Waals surface area (Å²) in [5.41, 5.74) is 5.18. The van der Waals surface area contributed by atoms with E-state index in [1.165, 1.54) is 6.07 Å². The Bertz CT molecular complexity index is 341. The van der Waals surface area contributed by atoms with Crippen LogP contribution in [0.4, 0.5) is 5.69 Å². The van der Waals surface area contributed by atoms with E-state index in [-0.39, 0.29) is 21.6 Å². The summed E-state index contributed by atoms with van der Waals surface area (Å²) in [6.07, 6.45) is 0. The third-order valence-electron chi connectivity index (χ3n) is 1.16. The standard InChI is InChI=1S/C6H4Cl2N2O2/c7-2-1-3(9)5(8)10-4(2)6(11)12/h1H,9H2,(H,11,12). The van der Waals surface area contributed by atoms with Crippen LogP contribution in [0, 0.1) is 0 Å². The molecule has 0 unspecified atom stereocenters. The number of anilines is 1. The number of carbonyl (C=O) groups is 1. The number of hydrogen-bond acceptors (Lipinski definition) is 3. The summed E-state index contributed by atoms with van der Waals surface area (Å²) >= 11 is 11.0. The minimum atomic E-state index is -1.23. The van der Waals surface area contributed by atoms with Crippen molar-refractivity contribution in [2.45, 2.75) is 0 Å². The van der Waals surface area contributed by atoms with Crippen molar-refractivity contribution in [3.05, 3.63) is 21.9 Å². The number of nitrogens with zero attached hydrogens (tertiary/aromatic N) is 1. The number of carboxylic acid groups (broad SMARTS) is 1. The maximum atomic E-state index is 10.4. The first-order valence-electron chi connectivity index (χ1n) is 2.87. The number of carboxylic acids is 1. The molecule has 0 saturated carbocycles. The Morgan fingerprint density at radius 2 is 2.17 bits per heavy atom. The second kappa shape index (κ2) is 3.16. The molecule has 1 aromatic rings. The first-order valence-corrected chi connectivity index (χ1v) is 3.62. The molecule has 0 aliphatic rings. The molecule has 4 nitrogen and oxygen atoms in total. The SMILES string of the molecule is Nc1cc(Cl)c(C(=O)O)nc1Cl. The molecule has 3 N–H and O–H groups in total. The van der Waals surface area contributed by atoms with Crippen LogP contribution in [-0.4, -0.2) is 16.1 Å². The van der Waals surface area contributed by atoms with Gasteiger partial charge in [0.2, 0.25) is 0 Å². The minimum Gasteiger partial charge on any atom is -0.476 e. The molecule has 0 atom stereocenters. The fourth-order valence-corrected chi connectivity index (χ4v) is 1.01. The highest BCUT2D eigenvalue weighted by Crippen LogP contribution is 2.23. The van der Waals surface area contributed by atoms with Gasteiger partial charge in [-0.1, -0.05) is 23.2 Å². The lowest BCUT2D eigenvalue weighted by atomic mass is 10.3. The molecule has 6 heteroatoms. The van der Waals surface area contributed by atoms with Crippen molar-refractivity contribution in [2.24, 2.45) is 0 Å². The van der Waals surface area contributed by atoms with Crippen molar-refractivity contribution in [3.8, 4) is 0 Å². The molecule has 0 aliphatic heterocycles. The highest BCUT2D eigenvalue weighted by molar-refractivity contribution is 6.35. The average Bonchev–Trinajstić information content (AvgIpc) is 1.96. The van der Waals surface area contributed by atoms with Gasteiger partial charge in [0.25, 0.3) is 0 Å². The molecular formula is C6H4Cl2N2O2. The number of halogens is 2. The minimum absolute atomic E-state index is 0.0237. The van der Waals surface area contributed by atoms with E-state index in [0.717, 1.165) is 0 Å². The van der Waals surface area contributed by atoms with Crippen LogP contribution in [0.5, 0.6) is 0 Å². The lowest BCUT2D eigenvalue weighted by Crippen LogP contribution is -2.03. The number of hydrogen-bond donors (Lipinski definition) is 2. The molecular weight excluding hydrogens is 203 g/mol. The van der Waals surface area contributed by atoms with Gasteiger partial charge < -0.3 is 10.8 Å². The predicted octanol–water partition coefficient (Wildman–Crippen LogP) is 1.67. The summed E-state index contributed by atoms with van der Waals surface area (Å²) < 4.78 is 0. The zero-order chi connectivity index (χ0) is 9.30. The number of pyridine rings is 1. The Morgan fingerprint density at radius 1 is 1.58 bits per heavy atom. The van der Waals surface area contributed by atoms with E-state index in [1.807, 2.05) is 0 Å². The monoisotopic (exact) mass is 206 g/mol. The molecule has 1 aromatic heterocycles. The second-order valence-electron chi connectivity index (χ2n) is 2.00. The van der Waals surface area contributed by atoms with Gasteiger partial charge in [0.15, 0.2) is 10.8 Å². The number of nitrogens with two attached hydrogens (primary N) is 1. The van der Waals surface area contributed by atoms with Crippen LogP contribution in [0.1, 0.15) is 10.5 Å². The zero-order valence-corrected chi connectivity index (χ0v) is 7.23. The first-order chi connectivity index (χ1) is 5.52. The molecule has 0 fully saturated rings. The van der Waals surface area contributed by atoms with Gasteiger partial charge in [-0.15, -0.1) is 0 Å². The average molecular weight is 207 g/mol. The molecule has 0 aliphatic carbocycles. The third-order valence-corrected chi connectivity index (χ3v) is 1.75. The summed E-state index contributed by atoms with van der Waals surface area (Å²) in [5, 5.41) is 8.45. The van der Waals surface area contributed by atoms with Gasteiger partial charge in [0.05, 0.1) is 10.7 Å². The molecule has 12 heavy (non-hydrogen) atoms. The number of nitrogen functional groups attached to an aromatic ring is 1. The van der Waals surface area contributed by atoms with Crippen molar-refractivity contribution in [1.82, 2.24) is 4.98 Å². The van der Waals surface area contributed by atoms with Crippen LogP contribution in [0.3, 0.4) is 0 Å². The van der Waals surface area contributed by atoms with Crippen LogP contribution < -0.4 is 5.73 Å². The summed E-state index contributed by atoms with van der Waals surface area (Å²) in [6.45, 7) is 0. The summed E-state index contributed by atoms with van der Waals surface area (Å²) in [4.78, 5) is 13.9. The highest BCUT2D eigenvalue weighted by Gasteiger charge is 2.12. The number of aromatic carboxylic acids is 1. The van der Waals surface area contributed by atoms with Crippen LogP contribution >= 0.6 is 23.2 Å². The van der Waals surface area contributed by atoms with Gasteiger partial charge in [-0.25, -0.2) is 9.78 Å². The number of aromatic nitrogens is 1. The molecule has 1 rings (SSSR count). The van der Waals surface area contributed by atoms with Gasteiger partial charge in [-0.3, -0.25) is 0 Å². The van der Waals surface area contributed by atoms with E-state index < -0.39 is 5.97 Å². The normalized spacial score (nSPS) is 9.83. The Balaban J connectivity index is 3.33. The maximum absolute atomic E-state index is 10.4. The Morgan fingerprint density at radius 3 is 2.67 bits per heavy atom. The smallest absolute Gasteiger partial charge is 0.356 e. The van der Waals surface area contributed by atoms with Crippen LogP contribution in [0.15, 0.2) is 6.07 Å². The molecule has 0 radical (unpaired) electrons. The summed E-state index contributed by atoms with van der Waals surface area (Å²) in [6, 6.07) is 1.25. The van der Waals surface area contributed by atoms with Crippen LogP contribution in [-0.2, 0) is 0 Å². The van der Waals surface area contributed by atoms with E-state index in [4.69, 9.17) is 34.0 Å². The van der Waals surface area contributed by atoms with Crippen molar-refractivity contribution in [2.75, 3.05) is 5.73 Å². The Hall–Kier alpha value is -1.00. The van der Waals surface area contributed by atoms with Gasteiger partial charge in [0.1, 0.15) is 0 Å². The quantitative estimate of drug-likeness (QED) is 0.686. The summed E-state index contributed by atoms with van der Waals surface area (Å²) in [7, 11) is 0. The van der Waals surface area contributed by atoms with Gasteiger partial charge in [-0.05, 0) is 6.07 Å². The Labute approximate surface area is 77.9 Å². The van der Waals surface area contributed by atoms with E-state index in [0.29, 0.717) is 0 Å². The Kier molecular flexibility index (Phi) is 2.40. The maximum Gasteiger partial charge on any atom is 0.356 e. The fourth-order valence-electron chi connectivity index (χ4n) is 0.631. The lowest BCUT2D eigenvalue weighted by Gasteiger charge is -2.00. The molecule has 0 amide bonds. The molecule has 0 saturated heterocycles. The van der Waals surface area contributed by atoms with Crippen molar-refractivity contribution in [1.29, 1.82) is 0 Å². The molecule has 0 bridgehead atoms. The molecule has 64 valence electrons. The van der Waals surface area contributed by atoms with E-state index in [2.05, 4.69) is 4.98 Å². The van der Waals surface area contributed by atoms with Crippen molar-refractivity contribution < 1.29 is 9.90 Å². The lowest BCUT2D eigenvalue weighted by molar-refractivity contribution is 0.0691. The predicted molar refractivity (Wildman–Crippen MR) is 45.6 cm³/mol. The van der Waals surface area contributed by atoms with Crippen LogP contribution in [0.2, 0.25) is 10.2 Å². The van der Waals surface area contributed by atoms with E-state index in [1.54, 1.807) is 0 Å². The fraction of sp³-hybridized carbons (Fsp3) is 0. The molecule has 1 heterocycles. The van der Waals surface area contributed by atoms with Gasteiger partial charge in [-0.2, -0.15) is 0 Å². The topological polar surface area (TPSA) is 76.2 Å².